The summed E-state index contributed by atoms with van der Waals surface area (Å²) in [6.07, 6.45) is 7.16. The molecule has 1 unspecified atom stereocenters. The minimum absolute atomic E-state index is 0.0428. The third kappa shape index (κ3) is 2.23. The van der Waals surface area contributed by atoms with Crippen LogP contribution in [0.4, 0.5) is 0 Å². The Morgan fingerprint density at radius 2 is 2.32 bits per heavy atom. The zero-order chi connectivity index (χ0) is 13.2. The molecule has 98 valence electrons. The van der Waals surface area contributed by atoms with Crippen molar-refractivity contribution in [1.82, 2.24) is 19.7 Å². The summed E-state index contributed by atoms with van der Waals surface area (Å²) in [7, 11) is 1.82. The Balaban J connectivity index is 1.86. The van der Waals surface area contributed by atoms with Gasteiger partial charge in [0.05, 0.1) is 23.5 Å². The van der Waals surface area contributed by atoms with E-state index in [1.54, 1.807) is 23.3 Å². The molecule has 1 amide bonds. The molecule has 3 rings (SSSR count). The molecule has 0 radical (unpaired) electrons. The molecule has 0 saturated carbocycles. The van der Waals surface area contributed by atoms with Crippen molar-refractivity contribution in [2.24, 2.45) is 7.05 Å². The lowest BCUT2D eigenvalue weighted by Gasteiger charge is -2.23. The zero-order valence-corrected chi connectivity index (χ0v) is 10.9. The van der Waals surface area contributed by atoms with Crippen molar-refractivity contribution in [3.63, 3.8) is 0 Å². The fraction of sp³-hybridized carbons (Fsp3) is 0.357. The van der Waals surface area contributed by atoms with Crippen LogP contribution in [-0.2, 0) is 7.05 Å². The first-order chi connectivity index (χ1) is 9.25. The number of aryl methyl sites for hydroxylation is 1. The highest BCUT2D eigenvalue weighted by Crippen LogP contribution is 2.31. The summed E-state index contributed by atoms with van der Waals surface area (Å²) < 4.78 is 1.65. The van der Waals surface area contributed by atoms with Crippen molar-refractivity contribution >= 4 is 5.91 Å². The Kier molecular flexibility index (Phi) is 3.03. The molecule has 0 aliphatic carbocycles. The second-order valence-electron chi connectivity index (χ2n) is 4.81. The summed E-state index contributed by atoms with van der Waals surface area (Å²) in [5, 5.41) is 4.06. The molecule has 5 nitrogen and oxygen atoms in total. The fourth-order valence-electron chi connectivity index (χ4n) is 2.59. The van der Waals surface area contributed by atoms with Gasteiger partial charge in [-0.2, -0.15) is 5.10 Å². The molecule has 0 spiro atoms. The third-order valence-electron chi connectivity index (χ3n) is 3.49. The number of carbonyl (C=O) groups is 1. The van der Waals surface area contributed by atoms with Crippen molar-refractivity contribution in [2.45, 2.75) is 18.9 Å². The number of pyridine rings is 1. The molecule has 0 N–H and O–H groups in total. The standard InChI is InChI=1S/C14H16N4O/c1-17-10-11(9-16-17)14(19)18-8-4-6-13(18)12-5-2-3-7-15-12/h2-3,5,7,9-10,13H,4,6,8H2,1H3. The Hall–Kier alpha value is -2.17. The number of rotatable bonds is 2. The number of hydrogen-bond donors (Lipinski definition) is 0. The van der Waals surface area contributed by atoms with E-state index in [0.717, 1.165) is 25.1 Å². The van der Waals surface area contributed by atoms with Gasteiger partial charge in [0.1, 0.15) is 0 Å². The zero-order valence-electron chi connectivity index (χ0n) is 10.9. The van der Waals surface area contributed by atoms with Crippen LogP contribution in [0.15, 0.2) is 36.8 Å². The molecule has 0 bridgehead atoms. The SMILES string of the molecule is Cn1cc(C(=O)N2CCCC2c2ccccn2)cn1. The summed E-state index contributed by atoms with van der Waals surface area (Å²) in [5.41, 5.74) is 1.61. The normalized spacial score (nSPS) is 18.8. The second kappa shape index (κ2) is 4.84. The molecule has 1 aliphatic heterocycles. The van der Waals surface area contributed by atoms with Gasteiger partial charge >= 0.3 is 0 Å². The first kappa shape index (κ1) is 11.9. The van der Waals surface area contributed by atoms with Gasteiger partial charge in [-0.1, -0.05) is 6.07 Å². The molecule has 0 aromatic carbocycles. The Morgan fingerprint density at radius 1 is 1.42 bits per heavy atom. The summed E-state index contributed by atoms with van der Waals surface area (Å²) in [6, 6.07) is 5.94. The average molecular weight is 256 g/mol. The Morgan fingerprint density at radius 3 is 3.00 bits per heavy atom. The maximum Gasteiger partial charge on any atom is 0.257 e. The van der Waals surface area contributed by atoms with Crippen LogP contribution in [0, 0.1) is 0 Å². The maximum atomic E-state index is 12.5. The summed E-state index contributed by atoms with van der Waals surface area (Å²) in [6.45, 7) is 0.787. The van der Waals surface area contributed by atoms with Crippen molar-refractivity contribution in [3.05, 3.63) is 48.0 Å². The van der Waals surface area contributed by atoms with Gasteiger partial charge in [0.2, 0.25) is 0 Å². The molecular formula is C14H16N4O. The van der Waals surface area contributed by atoms with Gasteiger partial charge in [0.15, 0.2) is 0 Å². The number of likely N-dealkylation sites (tertiary alicyclic amines) is 1. The smallest absolute Gasteiger partial charge is 0.257 e. The van der Waals surface area contributed by atoms with Crippen LogP contribution in [0.25, 0.3) is 0 Å². The third-order valence-corrected chi connectivity index (χ3v) is 3.49. The van der Waals surface area contributed by atoms with Gasteiger partial charge in [-0.15, -0.1) is 0 Å². The van der Waals surface area contributed by atoms with Gasteiger partial charge in [-0.3, -0.25) is 14.5 Å². The highest BCUT2D eigenvalue weighted by Gasteiger charge is 2.31. The predicted octanol–water partition coefficient (Wildman–Crippen LogP) is 1.79. The van der Waals surface area contributed by atoms with Gasteiger partial charge in [-0.25, -0.2) is 0 Å². The molecule has 1 atom stereocenters. The number of carbonyl (C=O) groups excluding carboxylic acids is 1. The van der Waals surface area contributed by atoms with Crippen molar-refractivity contribution < 1.29 is 4.79 Å². The summed E-state index contributed by atoms with van der Waals surface area (Å²) in [4.78, 5) is 18.8. The number of aromatic nitrogens is 3. The largest absolute Gasteiger partial charge is 0.330 e. The lowest BCUT2D eigenvalue weighted by Crippen LogP contribution is -2.30. The lowest BCUT2D eigenvalue weighted by atomic mass is 10.1. The van der Waals surface area contributed by atoms with Crippen LogP contribution < -0.4 is 0 Å². The summed E-state index contributed by atoms with van der Waals surface area (Å²) >= 11 is 0. The molecule has 2 aromatic rings. The van der Waals surface area contributed by atoms with E-state index in [0.29, 0.717) is 5.56 Å². The first-order valence-corrected chi connectivity index (χ1v) is 6.46. The van der Waals surface area contributed by atoms with E-state index in [-0.39, 0.29) is 11.9 Å². The van der Waals surface area contributed by atoms with Gasteiger partial charge in [0.25, 0.3) is 5.91 Å². The highest BCUT2D eigenvalue weighted by molar-refractivity contribution is 5.94. The van der Waals surface area contributed by atoms with Crippen LogP contribution >= 0.6 is 0 Å². The molecular weight excluding hydrogens is 240 g/mol. The molecule has 19 heavy (non-hydrogen) atoms. The van der Waals surface area contributed by atoms with Crippen molar-refractivity contribution in [1.29, 1.82) is 0 Å². The second-order valence-corrected chi connectivity index (χ2v) is 4.81. The van der Waals surface area contributed by atoms with Gasteiger partial charge in [0, 0.05) is 26.0 Å². The molecule has 3 heterocycles. The number of nitrogens with zero attached hydrogens (tertiary/aromatic N) is 4. The Bertz CT molecular complexity index is 578. The minimum Gasteiger partial charge on any atom is -0.330 e. The lowest BCUT2D eigenvalue weighted by molar-refractivity contribution is 0.0733. The summed E-state index contributed by atoms with van der Waals surface area (Å²) in [5.74, 6) is 0.0428. The maximum absolute atomic E-state index is 12.5. The quantitative estimate of drug-likeness (QED) is 0.823. The van der Waals surface area contributed by atoms with Crippen LogP contribution in [-0.4, -0.2) is 32.1 Å². The van der Waals surface area contributed by atoms with Crippen LogP contribution in [0.3, 0.4) is 0 Å². The van der Waals surface area contributed by atoms with E-state index in [9.17, 15) is 4.79 Å². The van der Waals surface area contributed by atoms with E-state index in [4.69, 9.17) is 0 Å². The molecule has 5 heteroatoms. The van der Waals surface area contributed by atoms with E-state index < -0.39 is 0 Å². The minimum atomic E-state index is 0.0428. The Labute approximate surface area is 111 Å². The van der Waals surface area contributed by atoms with Crippen LogP contribution in [0.1, 0.15) is 34.9 Å². The highest BCUT2D eigenvalue weighted by atomic mass is 16.2. The monoisotopic (exact) mass is 256 g/mol. The van der Waals surface area contributed by atoms with E-state index >= 15 is 0 Å². The molecule has 1 aliphatic rings. The van der Waals surface area contributed by atoms with E-state index in [1.807, 2.05) is 30.1 Å². The van der Waals surface area contributed by atoms with Crippen LogP contribution in [0.5, 0.6) is 0 Å². The van der Waals surface area contributed by atoms with E-state index in [1.165, 1.54) is 0 Å². The van der Waals surface area contributed by atoms with Gasteiger partial charge < -0.3 is 4.90 Å². The predicted molar refractivity (Wildman–Crippen MR) is 70.5 cm³/mol. The molecule has 2 aromatic heterocycles. The first-order valence-electron chi connectivity index (χ1n) is 6.46. The van der Waals surface area contributed by atoms with Crippen molar-refractivity contribution in [3.8, 4) is 0 Å². The molecule has 1 saturated heterocycles. The number of amides is 1. The molecule has 1 fully saturated rings. The van der Waals surface area contributed by atoms with E-state index in [2.05, 4.69) is 10.1 Å². The topological polar surface area (TPSA) is 51.0 Å². The van der Waals surface area contributed by atoms with Crippen molar-refractivity contribution in [2.75, 3.05) is 6.54 Å². The fourth-order valence-corrected chi connectivity index (χ4v) is 2.59. The van der Waals surface area contributed by atoms with Gasteiger partial charge in [-0.05, 0) is 25.0 Å². The van der Waals surface area contributed by atoms with Crippen LogP contribution in [0.2, 0.25) is 0 Å². The average Bonchev–Trinajstić information content (AvgIpc) is 3.07. The number of hydrogen-bond acceptors (Lipinski definition) is 3.